The SMILES string of the molecule is CC(C)C1(C)OB(c2cccc(N)c2)OC1(C)C. The van der Waals surface area contributed by atoms with Gasteiger partial charge in [0, 0.05) is 5.69 Å². The van der Waals surface area contributed by atoms with Gasteiger partial charge in [-0.05, 0) is 44.3 Å². The van der Waals surface area contributed by atoms with E-state index in [-0.39, 0.29) is 18.3 Å². The average molecular weight is 247 g/mol. The fourth-order valence-electron chi connectivity index (χ4n) is 2.45. The molecule has 1 aromatic carbocycles. The van der Waals surface area contributed by atoms with Crippen molar-refractivity contribution in [1.29, 1.82) is 0 Å². The first-order chi connectivity index (χ1) is 8.26. The van der Waals surface area contributed by atoms with Crippen molar-refractivity contribution in [2.45, 2.75) is 45.8 Å². The quantitative estimate of drug-likeness (QED) is 0.643. The van der Waals surface area contributed by atoms with Gasteiger partial charge in [0.25, 0.3) is 0 Å². The molecule has 2 rings (SSSR count). The van der Waals surface area contributed by atoms with Crippen LogP contribution >= 0.6 is 0 Å². The Labute approximate surface area is 110 Å². The lowest BCUT2D eigenvalue weighted by molar-refractivity contribution is -0.0435. The Balaban J connectivity index is 2.31. The van der Waals surface area contributed by atoms with E-state index in [1.54, 1.807) is 0 Å². The Morgan fingerprint density at radius 1 is 1.17 bits per heavy atom. The molecule has 1 atom stereocenters. The van der Waals surface area contributed by atoms with E-state index >= 15 is 0 Å². The Bertz CT molecular complexity index is 447. The van der Waals surface area contributed by atoms with Crippen LogP contribution in [0.15, 0.2) is 24.3 Å². The van der Waals surface area contributed by atoms with Crippen LogP contribution in [0.2, 0.25) is 0 Å². The summed E-state index contributed by atoms with van der Waals surface area (Å²) in [5.41, 5.74) is 6.90. The van der Waals surface area contributed by atoms with E-state index in [0.29, 0.717) is 5.92 Å². The maximum Gasteiger partial charge on any atom is 0.494 e. The molecule has 1 saturated heterocycles. The van der Waals surface area contributed by atoms with E-state index in [9.17, 15) is 0 Å². The topological polar surface area (TPSA) is 44.5 Å². The summed E-state index contributed by atoms with van der Waals surface area (Å²) in [6.07, 6.45) is 0. The van der Waals surface area contributed by atoms with E-state index in [0.717, 1.165) is 11.2 Å². The third-order valence-electron chi connectivity index (χ3n) is 4.23. The van der Waals surface area contributed by atoms with Gasteiger partial charge in [-0.1, -0.05) is 26.0 Å². The number of hydrogen-bond donors (Lipinski definition) is 1. The van der Waals surface area contributed by atoms with Gasteiger partial charge < -0.3 is 15.0 Å². The highest BCUT2D eigenvalue weighted by Crippen LogP contribution is 2.42. The van der Waals surface area contributed by atoms with Crippen molar-refractivity contribution in [2.24, 2.45) is 5.92 Å². The summed E-state index contributed by atoms with van der Waals surface area (Å²) in [4.78, 5) is 0. The fraction of sp³-hybridized carbons (Fsp3) is 0.571. The van der Waals surface area contributed by atoms with Gasteiger partial charge in [0.05, 0.1) is 11.2 Å². The van der Waals surface area contributed by atoms with Gasteiger partial charge in [-0.3, -0.25) is 0 Å². The molecule has 1 aromatic rings. The molecule has 1 aliphatic rings. The van der Waals surface area contributed by atoms with E-state index in [4.69, 9.17) is 15.0 Å². The van der Waals surface area contributed by atoms with Gasteiger partial charge in [-0.25, -0.2) is 0 Å². The second-order valence-corrected chi connectivity index (χ2v) is 6.01. The molecular formula is C14H22BNO2. The zero-order valence-corrected chi connectivity index (χ0v) is 11.9. The van der Waals surface area contributed by atoms with Crippen LogP contribution < -0.4 is 11.2 Å². The molecule has 0 radical (unpaired) electrons. The molecule has 2 N–H and O–H groups in total. The van der Waals surface area contributed by atoms with Crippen molar-refractivity contribution in [3.8, 4) is 0 Å². The summed E-state index contributed by atoms with van der Waals surface area (Å²) >= 11 is 0. The van der Waals surface area contributed by atoms with Crippen molar-refractivity contribution in [1.82, 2.24) is 0 Å². The Hall–Kier alpha value is -0.995. The number of nitrogens with two attached hydrogens (primary N) is 1. The van der Waals surface area contributed by atoms with Gasteiger partial charge in [0.2, 0.25) is 0 Å². The average Bonchev–Trinajstić information content (AvgIpc) is 2.51. The van der Waals surface area contributed by atoms with Crippen LogP contribution in [0.5, 0.6) is 0 Å². The maximum absolute atomic E-state index is 6.19. The summed E-state index contributed by atoms with van der Waals surface area (Å²) in [5, 5.41) is 0. The zero-order chi connectivity index (χ0) is 13.6. The van der Waals surface area contributed by atoms with Crippen LogP contribution in [0.4, 0.5) is 5.69 Å². The Morgan fingerprint density at radius 3 is 2.33 bits per heavy atom. The van der Waals surface area contributed by atoms with E-state index in [1.165, 1.54) is 0 Å². The van der Waals surface area contributed by atoms with Crippen molar-refractivity contribution in [2.75, 3.05) is 5.73 Å². The maximum atomic E-state index is 6.19. The van der Waals surface area contributed by atoms with Crippen LogP contribution in [-0.4, -0.2) is 18.3 Å². The predicted molar refractivity (Wildman–Crippen MR) is 75.7 cm³/mol. The van der Waals surface area contributed by atoms with Gasteiger partial charge >= 0.3 is 7.12 Å². The van der Waals surface area contributed by atoms with Gasteiger partial charge in [-0.2, -0.15) is 0 Å². The molecule has 0 bridgehead atoms. The smallest absolute Gasteiger partial charge is 0.399 e. The third-order valence-corrected chi connectivity index (χ3v) is 4.23. The molecule has 98 valence electrons. The largest absolute Gasteiger partial charge is 0.494 e. The first-order valence-electron chi connectivity index (χ1n) is 6.47. The lowest BCUT2D eigenvalue weighted by Crippen LogP contribution is -2.48. The molecule has 0 amide bonds. The number of hydrogen-bond acceptors (Lipinski definition) is 3. The Kier molecular flexibility index (Phi) is 3.20. The second-order valence-electron chi connectivity index (χ2n) is 6.01. The lowest BCUT2D eigenvalue weighted by atomic mass is 9.78. The fourth-order valence-corrected chi connectivity index (χ4v) is 2.45. The molecule has 0 spiro atoms. The number of benzene rings is 1. The standard InChI is InChI=1S/C14H22BNO2/c1-10(2)14(5)13(3,4)17-15(18-14)11-7-6-8-12(16)9-11/h6-10H,16H2,1-5H3. The van der Waals surface area contributed by atoms with Gasteiger partial charge in [-0.15, -0.1) is 0 Å². The summed E-state index contributed by atoms with van der Waals surface area (Å²) in [5.74, 6) is 0.374. The first-order valence-corrected chi connectivity index (χ1v) is 6.47. The molecule has 4 heteroatoms. The van der Waals surface area contributed by atoms with Crippen molar-refractivity contribution in [3.05, 3.63) is 24.3 Å². The molecular weight excluding hydrogens is 225 g/mol. The molecule has 0 aliphatic carbocycles. The minimum Gasteiger partial charge on any atom is -0.399 e. The summed E-state index contributed by atoms with van der Waals surface area (Å²) < 4.78 is 12.3. The molecule has 1 aliphatic heterocycles. The Morgan fingerprint density at radius 2 is 1.83 bits per heavy atom. The normalized spacial score (nSPS) is 26.9. The molecule has 18 heavy (non-hydrogen) atoms. The van der Waals surface area contributed by atoms with Crippen molar-refractivity contribution in [3.63, 3.8) is 0 Å². The summed E-state index contributed by atoms with van der Waals surface area (Å²) in [6, 6.07) is 7.69. The minimum atomic E-state index is -0.337. The van der Waals surface area contributed by atoms with Crippen LogP contribution in [0, 0.1) is 5.92 Å². The van der Waals surface area contributed by atoms with Crippen LogP contribution in [-0.2, 0) is 9.31 Å². The van der Waals surface area contributed by atoms with Gasteiger partial charge in [0.1, 0.15) is 0 Å². The van der Waals surface area contributed by atoms with E-state index in [2.05, 4.69) is 34.6 Å². The highest BCUT2D eigenvalue weighted by Gasteiger charge is 2.55. The van der Waals surface area contributed by atoms with Crippen molar-refractivity contribution >= 4 is 18.3 Å². The van der Waals surface area contributed by atoms with Crippen LogP contribution in [0.25, 0.3) is 0 Å². The number of anilines is 1. The lowest BCUT2D eigenvalue weighted by Gasteiger charge is -2.39. The highest BCUT2D eigenvalue weighted by molar-refractivity contribution is 6.62. The first kappa shape index (κ1) is 13.4. The van der Waals surface area contributed by atoms with Crippen molar-refractivity contribution < 1.29 is 9.31 Å². The van der Waals surface area contributed by atoms with E-state index < -0.39 is 0 Å². The number of rotatable bonds is 2. The summed E-state index contributed by atoms with van der Waals surface area (Å²) in [7, 11) is -0.337. The number of nitrogen functional groups attached to an aromatic ring is 1. The molecule has 1 fully saturated rings. The summed E-state index contributed by atoms with van der Waals surface area (Å²) in [6.45, 7) is 10.6. The zero-order valence-electron chi connectivity index (χ0n) is 11.9. The minimum absolute atomic E-state index is 0.303. The third kappa shape index (κ3) is 2.04. The second kappa shape index (κ2) is 4.28. The molecule has 0 saturated carbocycles. The molecule has 0 aromatic heterocycles. The van der Waals surface area contributed by atoms with Crippen LogP contribution in [0.1, 0.15) is 34.6 Å². The highest BCUT2D eigenvalue weighted by atomic mass is 16.7. The molecule has 3 nitrogen and oxygen atoms in total. The molecule has 1 unspecified atom stereocenters. The van der Waals surface area contributed by atoms with Gasteiger partial charge in [0.15, 0.2) is 0 Å². The molecule has 1 heterocycles. The van der Waals surface area contributed by atoms with E-state index in [1.807, 2.05) is 24.3 Å². The van der Waals surface area contributed by atoms with Crippen LogP contribution in [0.3, 0.4) is 0 Å². The monoisotopic (exact) mass is 247 g/mol. The predicted octanol–water partition coefficient (Wildman–Crippen LogP) is 2.20.